The molecule has 2 nitrogen and oxygen atoms in total. The Balaban J connectivity index is 1.98. The van der Waals surface area contributed by atoms with E-state index in [9.17, 15) is 5.26 Å². The van der Waals surface area contributed by atoms with Gasteiger partial charge >= 0.3 is 203 Å². The molecular weight excluding hydrogens is 513 g/mol. The summed E-state index contributed by atoms with van der Waals surface area (Å²) in [6.45, 7) is 0. The van der Waals surface area contributed by atoms with Crippen molar-refractivity contribution in [1.29, 1.82) is 5.26 Å². The molecule has 0 heterocycles. The van der Waals surface area contributed by atoms with Crippen LogP contribution in [0.4, 0.5) is 0 Å². The van der Waals surface area contributed by atoms with Gasteiger partial charge in [-0.1, -0.05) is 0 Å². The van der Waals surface area contributed by atoms with Crippen LogP contribution in [-0.2, 0) is 11.8 Å². The molecule has 1 N–H and O–H groups in total. The first kappa shape index (κ1) is 23.1. The minimum atomic E-state index is -2.38. The third kappa shape index (κ3) is 4.80. The quantitative estimate of drug-likeness (QED) is 0.261. The van der Waals surface area contributed by atoms with E-state index in [-0.39, 0.29) is 14.5 Å². The van der Waals surface area contributed by atoms with Gasteiger partial charge in [0.1, 0.15) is 0 Å². The Morgan fingerprint density at radius 2 is 1.06 bits per heavy atom. The molecule has 0 aliphatic carbocycles. The molecule has 0 atom stereocenters. The van der Waals surface area contributed by atoms with Gasteiger partial charge in [0, 0.05) is 0 Å². The van der Waals surface area contributed by atoms with E-state index in [1.165, 1.54) is 10.6 Å². The van der Waals surface area contributed by atoms with E-state index in [0.717, 1.165) is 10.6 Å². The molecule has 0 bridgehead atoms. The maximum absolute atomic E-state index is 9.59. The first-order valence-electron chi connectivity index (χ1n) is 10.2. The van der Waals surface area contributed by atoms with Crippen LogP contribution < -0.4 is 26.1 Å². The molecular formula is C26H23N2P2SSe+. The number of hydrogen-bond donors (Lipinski definition) is 1. The zero-order chi connectivity index (χ0) is 22.3. The van der Waals surface area contributed by atoms with Gasteiger partial charge in [-0.05, 0) is 0 Å². The predicted molar refractivity (Wildman–Crippen MR) is 145 cm³/mol. The molecule has 0 aliphatic heterocycles. The van der Waals surface area contributed by atoms with Gasteiger partial charge in [0.05, 0.1) is 0 Å². The molecule has 0 saturated carbocycles. The number of nitriles is 1. The Hall–Kier alpha value is -2.07. The van der Waals surface area contributed by atoms with E-state index in [2.05, 4.69) is 108 Å². The summed E-state index contributed by atoms with van der Waals surface area (Å²) in [6.07, 6.45) is -4.51. The van der Waals surface area contributed by atoms with Crippen molar-refractivity contribution in [3.05, 3.63) is 121 Å². The average molecular weight is 536 g/mol. The van der Waals surface area contributed by atoms with Gasteiger partial charge in [0.15, 0.2) is 0 Å². The number of nitrogens with zero attached hydrogens (tertiary/aromatic N) is 1. The monoisotopic (exact) mass is 537 g/mol. The molecule has 4 aromatic carbocycles. The van der Waals surface area contributed by atoms with E-state index in [0.29, 0.717) is 5.32 Å². The van der Waals surface area contributed by atoms with Crippen molar-refractivity contribution in [2.75, 3.05) is 0 Å². The van der Waals surface area contributed by atoms with Crippen molar-refractivity contribution in [1.82, 2.24) is 4.86 Å². The molecule has 158 valence electrons. The van der Waals surface area contributed by atoms with Gasteiger partial charge < -0.3 is 0 Å². The summed E-state index contributed by atoms with van der Waals surface area (Å²) < 4.78 is 0. The molecule has 0 aromatic heterocycles. The zero-order valence-electron chi connectivity index (χ0n) is 17.4. The summed E-state index contributed by atoms with van der Waals surface area (Å²) in [5.41, 5.74) is 0. The Kier molecular flexibility index (Phi) is 7.72. The number of benzene rings is 4. The Labute approximate surface area is 201 Å². The van der Waals surface area contributed by atoms with Crippen molar-refractivity contribution in [3.63, 3.8) is 0 Å². The van der Waals surface area contributed by atoms with Crippen molar-refractivity contribution >= 4 is 59.8 Å². The first-order chi connectivity index (χ1) is 15.7. The summed E-state index contributed by atoms with van der Waals surface area (Å²) in [6, 6.07) is 44.5. The summed E-state index contributed by atoms with van der Waals surface area (Å²) >= 11 is 6.60. The van der Waals surface area contributed by atoms with Gasteiger partial charge in [0.25, 0.3) is 0 Å². The molecule has 32 heavy (non-hydrogen) atoms. The molecule has 0 fully saturated rings. The van der Waals surface area contributed by atoms with Crippen LogP contribution in [-0.4, -0.2) is 14.5 Å². The van der Waals surface area contributed by atoms with Gasteiger partial charge in [-0.3, -0.25) is 0 Å². The van der Waals surface area contributed by atoms with Crippen LogP contribution >= 0.6 is 12.3 Å². The van der Waals surface area contributed by atoms with Crippen LogP contribution in [0.3, 0.4) is 0 Å². The molecule has 0 aliphatic rings. The second-order valence-electron chi connectivity index (χ2n) is 7.09. The third-order valence-electron chi connectivity index (χ3n) is 5.08. The van der Waals surface area contributed by atoms with Crippen molar-refractivity contribution in [2.24, 2.45) is 0 Å². The normalized spacial score (nSPS) is 11.6. The van der Waals surface area contributed by atoms with E-state index in [1.54, 1.807) is 0 Å². The van der Waals surface area contributed by atoms with Crippen LogP contribution in [0, 0.1) is 11.3 Å². The molecule has 0 spiro atoms. The molecule has 0 radical (unpaired) electrons. The van der Waals surface area contributed by atoms with Gasteiger partial charge in [-0.15, -0.1) is 0 Å². The fourth-order valence-electron chi connectivity index (χ4n) is 3.58. The second kappa shape index (κ2) is 10.7. The molecule has 6 heteroatoms. The van der Waals surface area contributed by atoms with Gasteiger partial charge in [-0.25, -0.2) is 0 Å². The molecule has 4 aromatic rings. The predicted octanol–water partition coefficient (Wildman–Crippen LogP) is 4.77. The summed E-state index contributed by atoms with van der Waals surface area (Å²) in [7, 11) is 0. The van der Waals surface area contributed by atoms with E-state index >= 15 is 0 Å². The van der Waals surface area contributed by atoms with Crippen molar-refractivity contribution < 1.29 is 0 Å². The number of nitrogens with one attached hydrogen (secondary N) is 1. The zero-order valence-corrected chi connectivity index (χ0v) is 21.7. The standard InChI is InChI=1S/C26H23N2P2SSe/c27-21-22-32-30(25-17-9-3-10-18-25,26-19-11-4-12-20-26)28-29(31,23-13-5-1-6-14-23)24-15-7-2-8-16-24/h1-20H,22H2,(H,28,31)/q+1. The molecule has 0 unspecified atom stereocenters. The molecule has 4 rings (SSSR count). The topological polar surface area (TPSA) is 35.8 Å². The van der Waals surface area contributed by atoms with Crippen LogP contribution in [0.1, 0.15) is 0 Å². The average Bonchev–Trinajstić information content (AvgIpc) is 2.88. The fourth-order valence-corrected chi connectivity index (χ4v) is 22.0. The van der Waals surface area contributed by atoms with E-state index < -0.39 is 12.3 Å². The SMILES string of the molecule is N#CC[Se][P+](NP(=S)(c1ccccc1)c1ccccc1)(c1ccccc1)c1ccccc1. The maximum atomic E-state index is 9.59. The van der Waals surface area contributed by atoms with Crippen LogP contribution in [0.5, 0.6) is 0 Å². The van der Waals surface area contributed by atoms with Crippen molar-refractivity contribution in [2.45, 2.75) is 5.32 Å². The number of rotatable bonds is 8. The summed E-state index contributed by atoms with van der Waals surface area (Å²) in [5.74, 6) is 0. The Morgan fingerprint density at radius 3 is 1.44 bits per heavy atom. The second-order valence-corrected chi connectivity index (χ2v) is 20.0. The van der Waals surface area contributed by atoms with Crippen LogP contribution in [0.15, 0.2) is 121 Å². The van der Waals surface area contributed by atoms with Gasteiger partial charge in [0.2, 0.25) is 0 Å². The minimum absolute atomic E-state index is 0.0120. The summed E-state index contributed by atoms with van der Waals surface area (Å²) in [5, 5.41) is 14.9. The van der Waals surface area contributed by atoms with Crippen molar-refractivity contribution in [3.8, 4) is 6.07 Å². The van der Waals surface area contributed by atoms with E-state index in [4.69, 9.17) is 11.8 Å². The Bertz CT molecular complexity index is 1150. The van der Waals surface area contributed by atoms with Crippen LogP contribution in [0.2, 0.25) is 5.32 Å². The first-order valence-corrected chi connectivity index (χ1v) is 18.2. The van der Waals surface area contributed by atoms with E-state index in [1.807, 2.05) is 24.3 Å². The third-order valence-corrected chi connectivity index (χ3v) is 21.7. The molecule has 0 amide bonds. The molecule has 0 saturated heterocycles. The van der Waals surface area contributed by atoms with Crippen LogP contribution in [0.25, 0.3) is 0 Å². The summed E-state index contributed by atoms with van der Waals surface area (Å²) in [4.78, 5) is 4.16. The number of hydrogen-bond acceptors (Lipinski definition) is 2. The fraction of sp³-hybridized carbons (Fsp3) is 0.0385. The Morgan fingerprint density at radius 1 is 0.688 bits per heavy atom. The van der Waals surface area contributed by atoms with Gasteiger partial charge in [-0.2, -0.15) is 0 Å².